The molecule has 1 heterocycles. The Bertz CT molecular complexity index is 517. The number of likely N-dealkylation sites (N-methyl/N-ethyl adjacent to an activating group) is 1. The van der Waals surface area contributed by atoms with Crippen LogP contribution in [0.5, 0.6) is 0 Å². The number of aryl methyl sites for hydroxylation is 1. The first-order chi connectivity index (χ1) is 8.60. The molecule has 0 spiro atoms. The molecule has 98 valence electrons. The second-order valence-corrected chi connectivity index (χ2v) is 4.99. The van der Waals surface area contributed by atoms with Gasteiger partial charge in [-0.1, -0.05) is 6.07 Å². The first-order valence-corrected chi connectivity index (χ1v) is 6.45. The van der Waals surface area contributed by atoms with Crippen molar-refractivity contribution < 1.29 is 0 Å². The Labute approximate surface area is 108 Å². The highest BCUT2D eigenvalue weighted by Crippen LogP contribution is 2.14. The summed E-state index contributed by atoms with van der Waals surface area (Å²) in [5.74, 6) is 0.969. The smallest absolute Gasteiger partial charge is 0.104 e. The van der Waals surface area contributed by atoms with Crippen molar-refractivity contribution in [3.63, 3.8) is 0 Å². The molecule has 1 atom stereocenters. The summed E-state index contributed by atoms with van der Waals surface area (Å²) in [6.45, 7) is 5.87. The Morgan fingerprint density at radius 3 is 2.94 bits per heavy atom. The van der Waals surface area contributed by atoms with Gasteiger partial charge in [0, 0.05) is 19.1 Å². The van der Waals surface area contributed by atoms with Gasteiger partial charge in [0.05, 0.1) is 11.0 Å². The van der Waals surface area contributed by atoms with Gasteiger partial charge in [-0.2, -0.15) is 0 Å². The molecule has 4 nitrogen and oxygen atoms in total. The lowest BCUT2D eigenvalue weighted by Crippen LogP contribution is -2.36. The predicted molar refractivity (Wildman–Crippen MR) is 75.7 cm³/mol. The number of nitrogens with zero attached hydrogens (tertiary/aromatic N) is 2. The fraction of sp³-hybridized carbons (Fsp3) is 0.500. The number of aromatic amines is 1. The zero-order chi connectivity index (χ0) is 13.1. The molecule has 1 aromatic heterocycles. The molecular weight excluding hydrogens is 224 g/mol. The molecule has 1 aromatic carbocycles. The minimum Gasteiger partial charge on any atom is -0.342 e. The summed E-state index contributed by atoms with van der Waals surface area (Å²) in [4.78, 5) is 9.98. The lowest BCUT2D eigenvalue weighted by atomic mass is 10.1. The van der Waals surface area contributed by atoms with E-state index in [0.717, 1.165) is 29.8 Å². The van der Waals surface area contributed by atoms with Crippen molar-refractivity contribution in [2.75, 3.05) is 20.1 Å². The van der Waals surface area contributed by atoms with Crippen molar-refractivity contribution in [1.82, 2.24) is 14.9 Å². The number of hydrogen-bond donors (Lipinski definition) is 2. The predicted octanol–water partition coefficient (Wildman–Crippen LogP) is 1.69. The third-order valence-electron chi connectivity index (χ3n) is 3.51. The summed E-state index contributed by atoms with van der Waals surface area (Å²) >= 11 is 0. The number of hydrogen-bond acceptors (Lipinski definition) is 3. The number of nitrogens with two attached hydrogens (primary N) is 1. The average Bonchev–Trinajstić information content (AvgIpc) is 2.74. The Kier molecular flexibility index (Phi) is 3.99. The third kappa shape index (κ3) is 2.89. The lowest BCUT2D eigenvalue weighted by Gasteiger charge is -2.23. The van der Waals surface area contributed by atoms with Crippen LogP contribution in [0.15, 0.2) is 18.2 Å². The molecule has 0 bridgehead atoms. The second-order valence-electron chi connectivity index (χ2n) is 4.99. The average molecular weight is 246 g/mol. The van der Waals surface area contributed by atoms with Crippen LogP contribution in [-0.4, -0.2) is 41.0 Å². The lowest BCUT2D eigenvalue weighted by molar-refractivity contribution is 0.266. The van der Waals surface area contributed by atoms with Gasteiger partial charge in [0.2, 0.25) is 0 Å². The molecule has 4 heteroatoms. The first kappa shape index (κ1) is 13.1. The molecule has 18 heavy (non-hydrogen) atoms. The van der Waals surface area contributed by atoms with E-state index in [-0.39, 0.29) is 0 Å². The van der Waals surface area contributed by atoms with Crippen LogP contribution in [0, 0.1) is 6.92 Å². The SMILES string of the molecule is Cc1nc2ccc(CCN(C)C(C)CN)cc2[nH]1. The molecule has 0 aliphatic carbocycles. The van der Waals surface area contributed by atoms with E-state index in [9.17, 15) is 0 Å². The second kappa shape index (κ2) is 5.50. The zero-order valence-corrected chi connectivity index (χ0v) is 11.4. The van der Waals surface area contributed by atoms with Gasteiger partial charge in [0.25, 0.3) is 0 Å². The minimum absolute atomic E-state index is 0.433. The van der Waals surface area contributed by atoms with Crippen LogP contribution in [0.2, 0.25) is 0 Å². The van der Waals surface area contributed by atoms with E-state index in [1.165, 1.54) is 5.56 Å². The molecule has 0 aliphatic heterocycles. The van der Waals surface area contributed by atoms with E-state index in [1.54, 1.807) is 0 Å². The summed E-state index contributed by atoms with van der Waals surface area (Å²) in [6, 6.07) is 6.86. The van der Waals surface area contributed by atoms with E-state index >= 15 is 0 Å². The summed E-state index contributed by atoms with van der Waals surface area (Å²) in [5, 5.41) is 0. The van der Waals surface area contributed by atoms with Crippen LogP contribution in [0.1, 0.15) is 18.3 Å². The molecule has 0 radical (unpaired) electrons. The minimum atomic E-state index is 0.433. The normalized spacial score (nSPS) is 13.4. The Balaban J connectivity index is 2.03. The topological polar surface area (TPSA) is 57.9 Å². The number of aromatic nitrogens is 2. The third-order valence-corrected chi connectivity index (χ3v) is 3.51. The van der Waals surface area contributed by atoms with Gasteiger partial charge in [-0.15, -0.1) is 0 Å². The quantitative estimate of drug-likeness (QED) is 0.844. The van der Waals surface area contributed by atoms with Crippen molar-refractivity contribution in [3.8, 4) is 0 Å². The fourth-order valence-corrected chi connectivity index (χ4v) is 2.05. The van der Waals surface area contributed by atoms with Gasteiger partial charge in [-0.3, -0.25) is 0 Å². The van der Waals surface area contributed by atoms with Crippen LogP contribution in [-0.2, 0) is 6.42 Å². The van der Waals surface area contributed by atoms with Crippen LogP contribution in [0.3, 0.4) is 0 Å². The Hall–Kier alpha value is -1.39. The number of nitrogens with one attached hydrogen (secondary N) is 1. The van der Waals surface area contributed by atoms with Crippen molar-refractivity contribution >= 4 is 11.0 Å². The van der Waals surface area contributed by atoms with Gasteiger partial charge in [0.15, 0.2) is 0 Å². The molecule has 0 saturated heterocycles. The molecule has 0 saturated carbocycles. The molecule has 0 aliphatic rings. The Morgan fingerprint density at radius 1 is 1.44 bits per heavy atom. The molecule has 0 amide bonds. The number of imidazole rings is 1. The molecule has 2 rings (SSSR count). The highest BCUT2D eigenvalue weighted by Gasteiger charge is 2.07. The largest absolute Gasteiger partial charge is 0.342 e. The Morgan fingerprint density at radius 2 is 2.22 bits per heavy atom. The monoisotopic (exact) mass is 246 g/mol. The van der Waals surface area contributed by atoms with Crippen molar-refractivity contribution in [2.24, 2.45) is 5.73 Å². The van der Waals surface area contributed by atoms with E-state index < -0.39 is 0 Å². The van der Waals surface area contributed by atoms with Gasteiger partial charge < -0.3 is 15.6 Å². The van der Waals surface area contributed by atoms with Crippen LogP contribution in [0.4, 0.5) is 0 Å². The highest BCUT2D eigenvalue weighted by molar-refractivity contribution is 5.75. The maximum atomic E-state index is 5.66. The van der Waals surface area contributed by atoms with E-state index in [4.69, 9.17) is 5.73 Å². The number of rotatable bonds is 5. The van der Waals surface area contributed by atoms with Crippen molar-refractivity contribution in [1.29, 1.82) is 0 Å². The van der Waals surface area contributed by atoms with E-state index in [0.29, 0.717) is 12.6 Å². The standard InChI is InChI=1S/C14H22N4/c1-10(9-15)18(3)7-6-12-4-5-13-14(8-12)17-11(2)16-13/h4-5,8,10H,6-7,9,15H2,1-3H3,(H,16,17). The molecule has 2 aromatic rings. The van der Waals surface area contributed by atoms with Gasteiger partial charge in [0.1, 0.15) is 5.82 Å². The maximum absolute atomic E-state index is 5.66. The number of benzene rings is 1. The van der Waals surface area contributed by atoms with Crippen LogP contribution < -0.4 is 5.73 Å². The number of fused-ring (bicyclic) bond motifs is 1. The van der Waals surface area contributed by atoms with Crippen LogP contribution >= 0.6 is 0 Å². The van der Waals surface area contributed by atoms with E-state index in [2.05, 4.69) is 47.0 Å². The van der Waals surface area contributed by atoms with Crippen LogP contribution in [0.25, 0.3) is 11.0 Å². The zero-order valence-electron chi connectivity index (χ0n) is 11.4. The van der Waals surface area contributed by atoms with Gasteiger partial charge in [-0.25, -0.2) is 4.98 Å². The summed E-state index contributed by atoms with van der Waals surface area (Å²) < 4.78 is 0. The fourth-order valence-electron chi connectivity index (χ4n) is 2.05. The van der Waals surface area contributed by atoms with Gasteiger partial charge in [-0.05, 0) is 45.0 Å². The van der Waals surface area contributed by atoms with Crippen molar-refractivity contribution in [2.45, 2.75) is 26.3 Å². The summed E-state index contributed by atoms with van der Waals surface area (Å²) in [7, 11) is 2.12. The summed E-state index contributed by atoms with van der Waals surface area (Å²) in [5.41, 5.74) is 9.17. The van der Waals surface area contributed by atoms with Gasteiger partial charge >= 0.3 is 0 Å². The molecule has 0 fully saturated rings. The van der Waals surface area contributed by atoms with Crippen molar-refractivity contribution in [3.05, 3.63) is 29.6 Å². The molecule has 3 N–H and O–H groups in total. The maximum Gasteiger partial charge on any atom is 0.104 e. The molecule has 1 unspecified atom stereocenters. The first-order valence-electron chi connectivity index (χ1n) is 6.45. The summed E-state index contributed by atoms with van der Waals surface area (Å²) in [6.07, 6.45) is 1.04. The number of H-pyrrole nitrogens is 1. The highest BCUT2D eigenvalue weighted by atomic mass is 15.1. The van der Waals surface area contributed by atoms with E-state index in [1.807, 2.05) is 6.92 Å². The molecular formula is C14H22N4.